The van der Waals surface area contributed by atoms with Gasteiger partial charge < -0.3 is 14.4 Å². The molecule has 1 aromatic carbocycles. The molecule has 3 rings (SSSR count). The van der Waals surface area contributed by atoms with Crippen LogP contribution in [0.25, 0.3) is 0 Å². The van der Waals surface area contributed by atoms with Crippen molar-refractivity contribution in [3.63, 3.8) is 0 Å². The van der Waals surface area contributed by atoms with Gasteiger partial charge in [0, 0.05) is 17.5 Å². The number of esters is 1. The molecule has 0 unspecified atom stereocenters. The second-order valence-electron chi connectivity index (χ2n) is 8.25. The Kier molecular flexibility index (Phi) is 4.60. The second-order valence-corrected chi connectivity index (χ2v) is 8.25. The van der Waals surface area contributed by atoms with Gasteiger partial charge in [-0.05, 0) is 65.3 Å². The third-order valence-electron chi connectivity index (χ3n) is 5.08. The van der Waals surface area contributed by atoms with Crippen LogP contribution in [0.4, 0.5) is 0 Å². The van der Waals surface area contributed by atoms with Crippen LogP contribution in [0.2, 0.25) is 0 Å². The largest absolute Gasteiger partial charge is 0.492 e. The first-order valence-electron chi connectivity index (χ1n) is 8.96. The lowest BCUT2D eigenvalue weighted by Crippen LogP contribution is -2.44. The quantitative estimate of drug-likeness (QED) is 0.795. The van der Waals surface area contributed by atoms with E-state index < -0.39 is 5.60 Å². The Morgan fingerprint density at radius 3 is 2.67 bits per heavy atom. The fourth-order valence-corrected chi connectivity index (χ4v) is 3.74. The van der Waals surface area contributed by atoms with Crippen molar-refractivity contribution in [3.05, 3.63) is 29.3 Å². The summed E-state index contributed by atoms with van der Waals surface area (Å²) in [4.78, 5) is 14.3. The molecule has 2 aliphatic rings. The van der Waals surface area contributed by atoms with E-state index in [0.29, 0.717) is 6.42 Å². The zero-order valence-corrected chi connectivity index (χ0v) is 15.4. The Morgan fingerprint density at radius 1 is 1.29 bits per heavy atom. The lowest BCUT2D eigenvalue weighted by atomic mass is 9.74. The van der Waals surface area contributed by atoms with E-state index in [0.717, 1.165) is 44.8 Å². The first-order valence-corrected chi connectivity index (χ1v) is 8.96. The lowest BCUT2D eigenvalue weighted by Gasteiger charge is -2.38. The minimum Gasteiger partial charge on any atom is -0.492 e. The Labute approximate surface area is 145 Å². The van der Waals surface area contributed by atoms with Gasteiger partial charge in [0.25, 0.3) is 0 Å². The highest BCUT2D eigenvalue weighted by atomic mass is 16.6. The average Bonchev–Trinajstić information content (AvgIpc) is 2.83. The second kappa shape index (κ2) is 6.40. The van der Waals surface area contributed by atoms with Gasteiger partial charge >= 0.3 is 5.97 Å². The summed E-state index contributed by atoms with van der Waals surface area (Å²) in [5, 5.41) is 0. The van der Waals surface area contributed by atoms with Gasteiger partial charge in [-0.25, -0.2) is 0 Å². The topological polar surface area (TPSA) is 38.8 Å². The summed E-state index contributed by atoms with van der Waals surface area (Å²) >= 11 is 0. The van der Waals surface area contributed by atoms with Gasteiger partial charge in [0.15, 0.2) is 0 Å². The Bertz CT molecular complexity index is 610. The summed E-state index contributed by atoms with van der Waals surface area (Å²) in [6.45, 7) is 11.4. The van der Waals surface area contributed by atoms with Gasteiger partial charge in [0.05, 0.1) is 13.0 Å². The van der Waals surface area contributed by atoms with Crippen LogP contribution in [-0.2, 0) is 14.9 Å². The lowest BCUT2D eigenvalue weighted by molar-refractivity contribution is -0.155. The molecule has 24 heavy (non-hydrogen) atoms. The molecule has 4 nitrogen and oxygen atoms in total. The number of fused-ring (bicyclic) bond motifs is 2. The van der Waals surface area contributed by atoms with Crippen LogP contribution in [0.3, 0.4) is 0 Å². The Hall–Kier alpha value is -1.55. The highest BCUT2D eigenvalue weighted by Gasteiger charge is 2.42. The summed E-state index contributed by atoms with van der Waals surface area (Å²) < 4.78 is 11.4. The van der Waals surface area contributed by atoms with Crippen LogP contribution in [0.1, 0.15) is 51.2 Å². The molecule has 1 saturated heterocycles. The van der Waals surface area contributed by atoms with E-state index in [1.54, 1.807) is 0 Å². The molecule has 0 aromatic heterocycles. The number of carbonyl (C=O) groups is 1. The highest BCUT2D eigenvalue weighted by Crippen LogP contribution is 2.45. The fraction of sp³-hybridized carbons (Fsp3) is 0.650. The van der Waals surface area contributed by atoms with E-state index in [1.807, 2.05) is 20.8 Å². The minimum absolute atomic E-state index is 0.104. The van der Waals surface area contributed by atoms with Crippen LogP contribution < -0.4 is 4.74 Å². The predicted molar refractivity (Wildman–Crippen MR) is 94.5 cm³/mol. The third-order valence-corrected chi connectivity index (χ3v) is 5.08. The number of rotatable bonds is 3. The monoisotopic (exact) mass is 331 g/mol. The van der Waals surface area contributed by atoms with Crippen molar-refractivity contribution in [1.29, 1.82) is 0 Å². The molecule has 132 valence electrons. The Balaban J connectivity index is 1.53. The number of likely N-dealkylation sites (tertiary alicyclic amines) is 1. The number of ether oxygens (including phenoxy) is 2. The van der Waals surface area contributed by atoms with Crippen LogP contribution >= 0.6 is 0 Å². The molecule has 0 bridgehead atoms. The van der Waals surface area contributed by atoms with E-state index in [9.17, 15) is 4.79 Å². The van der Waals surface area contributed by atoms with E-state index in [-0.39, 0.29) is 11.4 Å². The fourth-order valence-electron chi connectivity index (χ4n) is 3.74. The van der Waals surface area contributed by atoms with Crippen LogP contribution in [0, 0.1) is 6.92 Å². The Morgan fingerprint density at radius 2 is 2.00 bits per heavy atom. The van der Waals surface area contributed by atoms with Crippen LogP contribution in [0.5, 0.6) is 5.75 Å². The van der Waals surface area contributed by atoms with Gasteiger partial charge in [-0.2, -0.15) is 0 Å². The zero-order valence-electron chi connectivity index (χ0n) is 15.4. The van der Waals surface area contributed by atoms with E-state index in [4.69, 9.17) is 9.47 Å². The molecule has 1 fully saturated rings. The third kappa shape index (κ3) is 3.75. The normalized spacial score (nSPS) is 19.8. The predicted octanol–water partition coefficient (Wildman–Crippen LogP) is 3.45. The van der Waals surface area contributed by atoms with Gasteiger partial charge in [-0.1, -0.05) is 12.1 Å². The summed E-state index contributed by atoms with van der Waals surface area (Å²) in [6.07, 6.45) is 2.66. The van der Waals surface area contributed by atoms with Crippen LogP contribution in [-0.4, -0.2) is 42.7 Å². The molecule has 0 aliphatic carbocycles. The smallest absolute Gasteiger partial charge is 0.307 e. The molecule has 4 heteroatoms. The molecule has 0 amide bonds. The number of benzene rings is 1. The molecular formula is C20H29NO3. The molecule has 2 heterocycles. The molecule has 0 radical (unpaired) electrons. The molecule has 1 spiro atoms. The highest BCUT2D eigenvalue weighted by molar-refractivity contribution is 5.70. The van der Waals surface area contributed by atoms with Crippen molar-refractivity contribution >= 4 is 5.97 Å². The van der Waals surface area contributed by atoms with Crippen molar-refractivity contribution in [3.8, 4) is 5.75 Å². The van der Waals surface area contributed by atoms with Crippen molar-refractivity contribution in [1.82, 2.24) is 4.90 Å². The minimum atomic E-state index is -0.397. The van der Waals surface area contributed by atoms with Crippen LogP contribution in [0.15, 0.2) is 18.2 Å². The molecule has 2 aliphatic heterocycles. The average molecular weight is 331 g/mol. The summed E-state index contributed by atoms with van der Waals surface area (Å²) in [5.41, 5.74) is 2.40. The van der Waals surface area contributed by atoms with Gasteiger partial charge in [0.2, 0.25) is 0 Å². The first kappa shape index (κ1) is 17.3. The van der Waals surface area contributed by atoms with Gasteiger partial charge in [0.1, 0.15) is 11.4 Å². The summed E-state index contributed by atoms with van der Waals surface area (Å²) in [5.74, 6) is 0.963. The number of piperidine rings is 1. The zero-order chi connectivity index (χ0) is 17.4. The van der Waals surface area contributed by atoms with Gasteiger partial charge in [-0.15, -0.1) is 0 Å². The maximum Gasteiger partial charge on any atom is 0.307 e. The van der Waals surface area contributed by atoms with Crippen molar-refractivity contribution in [2.75, 3.05) is 26.2 Å². The first-order chi connectivity index (χ1) is 11.3. The summed E-state index contributed by atoms with van der Waals surface area (Å²) in [7, 11) is 0. The molecule has 0 saturated carbocycles. The molecule has 0 N–H and O–H groups in total. The molecule has 1 aromatic rings. The number of hydrogen-bond donors (Lipinski definition) is 0. The van der Waals surface area contributed by atoms with Crippen molar-refractivity contribution < 1.29 is 14.3 Å². The number of hydrogen-bond acceptors (Lipinski definition) is 4. The van der Waals surface area contributed by atoms with Gasteiger partial charge in [-0.3, -0.25) is 4.79 Å². The number of aryl methyl sites for hydroxylation is 1. The summed E-state index contributed by atoms with van der Waals surface area (Å²) in [6, 6.07) is 6.58. The number of carbonyl (C=O) groups excluding carboxylic acids is 1. The SMILES string of the molecule is Cc1ccc2c(c1)OCC21CCN(CCC(=O)OC(C)(C)C)CC1. The standard InChI is InChI=1S/C20H29NO3/c1-15-5-6-16-17(13-15)23-14-20(16)8-11-21(12-9-20)10-7-18(22)24-19(2,3)4/h5-6,13H,7-12,14H2,1-4H3. The maximum atomic E-state index is 11.9. The molecule has 0 atom stereocenters. The number of nitrogens with zero attached hydrogens (tertiary/aromatic N) is 1. The van der Waals surface area contributed by atoms with E-state index in [2.05, 4.69) is 30.0 Å². The maximum absolute atomic E-state index is 11.9. The van der Waals surface area contributed by atoms with Crippen molar-refractivity contribution in [2.24, 2.45) is 0 Å². The van der Waals surface area contributed by atoms with Crippen molar-refractivity contribution in [2.45, 2.75) is 58.0 Å². The van der Waals surface area contributed by atoms with E-state index >= 15 is 0 Å². The molecular weight excluding hydrogens is 302 g/mol. The van der Waals surface area contributed by atoms with E-state index in [1.165, 1.54) is 11.1 Å².